The lowest BCUT2D eigenvalue weighted by Gasteiger charge is -2.21. The molecular formula is C31H33F3. The topological polar surface area (TPSA) is 0 Å². The number of allylic oxidation sites excluding steroid dienone is 2. The summed E-state index contributed by atoms with van der Waals surface area (Å²) in [6, 6.07) is 16.7. The number of benzene rings is 3. The van der Waals surface area contributed by atoms with Gasteiger partial charge in [-0.3, -0.25) is 0 Å². The summed E-state index contributed by atoms with van der Waals surface area (Å²) in [6.07, 6.45) is 8.70. The van der Waals surface area contributed by atoms with Crippen LogP contribution in [0.25, 0.3) is 16.7 Å². The van der Waals surface area contributed by atoms with Crippen LogP contribution in [0, 0.1) is 23.4 Å². The lowest BCUT2D eigenvalue weighted by molar-refractivity contribution is 0.466. The van der Waals surface area contributed by atoms with Gasteiger partial charge in [-0.15, -0.1) is 0 Å². The molecule has 34 heavy (non-hydrogen) atoms. The lowest BCUT2D eigenvalue weighted by Crippen LogP contribution is -2.07. The van der Waals surface area contributed by atoms with E-state index in [0.717, 1.165) is 66.4 Å². The molecule has 3 aromatic carbocycles. The summed E-state index contributed by atoms with van der Waals surface area (Å²) in [4.78, 5) is 0. The molecule has 178 valence electrons. The van der Waals surface area contributed by atoms with Crippen molar-refractivity contribution >= 4 is 5.57 Å². The van der Waals surface area contributed by atoms with Crippen LogP contribution >= 0.6 is 0 Å². The third-order valence-corrected chi connectivity index (χ3v) is 7.15. The SMILES string of the molecule is CCCc1ccc(-c2ccc(CCc3ccc(C4=CCC(CC)CC4)c(F)c3F)cc2)cc1F. The molecule has 1 atom stereocenters. The normalized spacial score (nSPS) is 15.9. The van der Waals surface area contributed by atoms with E-state index in [0.29, 0.717) is 29.9 Å². The minimum atomic E-state index is -0.727. The fraction of sp³-hybridized carbons (Fsp3) is 0.355. The zero-order chi connectivity index (χ0) is 24.1. The predicted molar refractivity (Wildman–Crippen MR) is 135 cm³/mol. The molecule has 0 nitrogen and oxygen atoms in total. The third kappa shape index (κ3) is 5.46. The van der Waals surface area contributed by atoms with Crippen molar-refractivity contribution in [1.82, 2.24) is 0 Å². The molecule has 0 heterocycles. The van der Waals surface area contributed by atoms with Gasteiger partial charge < -0.3 is 0 Å². The molecule has 0 fully saturated rings. The van der Waals surface area contributed by atoms with Gasteiger partial charge in [0.05, 0.1) is 0 Å². The summed E-state index contributed by atoms with van der Waals surface area (Å²) in [6.45, 7) is 4.22. The highest BCUT2D eigenvalue weighted by atomic mass is 19.2. The van der Waals surface area contributed by atoms with E-state index in [4.69, 9.17) is 0 Å². The van der Waals surface area contributed by atoms with Gasteiger partial charge in [-0.05, 0) is 83.9 Å². The van der Waals surface area contributed by atoms with Crippen LogP contribution in [0.3, 0.4) is 0 Å². The molecule has 3 aromatic rings. The molecular weight excluding hydrogens is 429 g/mol. The molecule has 0 saturated heterocycles. The Kier molecular flexibility index (Phi) is 7.92. The summed E-state index contributed by atoms with van der Waals surface area (Å²) in [5.74, 6) is -0.960. The van der Waals surface area contributed by atoms with Crippen LogP contribution in [0.15, 0.2) is 60.7 Å². The van der Waals surface area contributed by atoms with Gasteiger partial charge in [-0.25, -0.2) is 13.2 Å². The minimum absolute atomic E-state index is 0.168. The highest BCUT2D eigenvalue weighted by Gasteiger charge is 2.20. The molecule has 0 N–H and O–H groups in total. The molecule has 0 spiro atoms. The second kappa shape index (κ2) is 11.1. The second-order valence-electron chi connectivity index (χ2n) is 9.43. The molecule has 0 amide bonds. The van der Waals surface area contributed by atoms with Crippen LogP contribution in [0.5, 0.6) is 0 Å². The standard InChI is InChI=1S/C31H33F3/c1-3-5-25-16-17-27(20-29(25)32)23-11-8-22(9-12-23)10-15-26-18-19-28(31(34)30(26)33)24-13-6-21(4-2)7-14-24/h8-9,11-13,16-21H,3-7,10,14-15H2,1-2H3. The van der Waals surface area contributed by atoms with Crippen molar-refractivity contribution in [3.05, 3.63) is 100 Å². The van der Waals surface area contributed by atoms with Crippen LogP contribution in [-0.4, -0.2) is 0 Å². The Hall–Kier alpha value is -2.81. The first kappa shape index (κ1) is 24.3. The maximum Gasteiger partial charge on any atom is 0.166 e. The number of halogens is 3. The summed E-state index contributed by atoms with van der Waals surface area (Å²) in [7, 11) is 0. The minimum Gasteiger partial charge on any atom is -0.207 e. The van der Waals surface area contributed by atoms with E-state index in [1.165, 1.54) is 0 Å². The lowest BCUT2D eigenvalue weighted by atomic mass is 9.85. The monoisotopic (exact) mass is 462 g/mol. The number of rotatable bonds is 8. The van der Waals surface area contributed by atoms with E-state index in [9.17, 15) is 13.2 Å². The molecule has 1 aliphatic carbocycles. The van der Waals surface area contributed by atoms with Crippen LogP contribution in [0.1, 0.15) is 68.2 Å². The Balaban J connectivity index is 1.42. The summed E-state index contributed by atoms with van der Waals surface area (Å²) in [5.41, 5.74) is 5.32. The van der Waals surface area contributed by atoms with E-state index in [1.54, 1.807) is 18.2 Å². The smallest absolute Gasteiger partial charge is 0.166 e. The fourth-order valence-corrected chi connectivity index (χ4v) is 4.88. The van der Waals surface area contributed by atoms with Crippen LogP contribution < -0.4 is 0 Å². The zero-order valence-electron chi connectivity index (χ0n) is 20.1. The van der Waals surface area contributed by atoms with Gasteiger partial charge in [0.1, 0.15) is 5.82 Å². The summed E-state index contributed by atoms with van der Waals surface area (Å²) < 4.78 is 44.0. The largest absolute Gasteiger partial charge is 0.207 e. The van der Waals surface area contributed by atoms with Crippen LogP contribution in [0.4, 0.5) is 13.2 Å². The van der Waals surface area contributed by atoms with Crippen molar-refractivity contribution in [2.24, 2.45) is 5.92 Å². The van der Waals surface area contributed by atoms with Crippen molar-refractivity contribution in [2.45, 2.75) is 65.2 Å². The van der Waals surface area contributed by atoms with E-state index in [2.05, 4.69) is 13.0 Å². The Labute approximate surface area is 201 Å². The molecule has 0 aliphatic heterocycles. The first-order valence-corrected chi connectivity index (χ1v) is 12.5. The number of hydrogen-bond acceptors (Lipinski definition) is 0. The van der Waals surface area contributed by atoms with Crippen LogP contribution in [-0.2, 0) is 19.3 Å². The van der Waals surface area contributed by atoms with E-state index >= 15 is 0 Å². The van der Waals surface area contributed by atoms with E-state index < -0.39 is 11.6 Å². The van der Waals surface area contributed by atoms with Gasteiger partial charge in [-0.1, -0.05) is 81.3 Å². The molecule has 1 unspecified atom stereocenters. The molecule has 0 bridgehead atoms. The average Bonchev–Trinajstić information content (AvgIpc) is 2.87. The van der Waals surface area contributed by atoms with Crippen molar-refractivity contribution in [2.75, 3.05) is 0 Å². The third-order valence-electron chi connectivity index (χ3n) is 7.15. The van der Waals surface area contributed by atoms with Crippen molar-refractivity contribution in [3.8, 4) is 11.1 Å². The number of hydrogen-bond donors (Lipinski definition) is 0. The highest BCUT2D eigenvalue weighted by Crippen LogP contribution is 2.34. The molecule has 0 aromatic heterocycles. The Morgan fingerprint density at radius 2 is 1.50 bits per heavy atom. The molecule has 0 saturated carbocycles. The first-order chi connectivity index (χ1) is 16.5. The second-order valence-corrected chi connectivity index (χ2v) is 9.43. The van der Waals surface area contributed by atoms with E-state index in [1.807, 2.05) is 43.3 Å². The van der Waals surface area contributed by atoms with Gasteiger partial charge in [-0.2, -0.15) is 0 Å². The number of aryl methyl sites for hydroxylation is 3. The Bertz CT molecular complexity index is 1160. The van der Waals surface area contributed by atoms with Crippen molar-refractivity contribution in [3.63, 3.8) is 0 Å². The molecule has 1 aliphatic rings. The first-order valence-electron chi connectivity index (χ1n) is 12.5. The Morgan fingerprint density at radius 1 is 0.765 bits per heavy atom. The Morgan fingerprint density at radius 3 is 2.15 bits per heavy atom. The fourth-order valence-electron chi connectivity index (χ4n) is 4.88. The van der Waals surface area contributed by atoms with E-state index in [-0.39, 0.29) is 5.82 Å². The quantitative estimate of drug-likeness (QED) is 0.313. The summed E-state index contributed by atoms with van der Waals surface area (Å²) in [5, 5.41) is 0. The zero-order valence-corrected chi connectivity index (χ0v) is 20.1. The van der Waals surface area contributed by atoms with Gasteiger partial charge in [0, 0.05) is 5.56 Å². The molecule has 4 rings (SSSR count). The van der Waals surface area contributed by atoms with Crippen LogP contribution in [0.2, 0.25) is 0 Å². The van der Waals surface area contributed by atoms with Gasteiger partial charge in [0.15, 0.2) is 11.6 Å². The maximum atomic E-state index is 14.9. The van der Waals surface area contributed by atoms with Crippen molar-refractivity contribution < 1.29 is 13.2 Å². The maximum absolute atomic E-state index is 14.9. The van der Waals surface area contributed by atoms with Gasteiger partial charge in [0.2, 0.25) is 0 Å². The molecule has 0 radical (unpaired) electrons. The highest BCUT2D eigenvalue weighted by molar-refractivity contribution is 5.67. The van der Waals surface area contributed by atoms with Gasteiger partial charge >= 0.3 is 0 Å². The average molecular weight is 463 g/mol. The summed E-state index contributed by atoms with van der Waals surface area (Å²) >= 11 is 0. The van der Waals surface area contributed by atoms with Crippen molar-refractivity contribution in [1.29, 1.82) is 0 Å². The van der Waals surface area contributed by atoms with Gasteiger partial charge in [0.25, 0.3) is 0 Å². The predicted octanol–water partition coefficient (Wildman–Crippen LogP) is 9.10. The molecule has 3 heteroatoms.